The van der Waals surface area contributed by atoms with Crippen molar-refractivity contribution in [3.63, 3.8) is 0 Å². The first-order valence-electron chi connectivity index (χ1n) is 6.87. The Balaban J connectivity index is 2.60. The van der Waals surface area contributed by atoms with Crippen molar-refractivity contribution in [2.75, 3.05) is 21.1 Å². The molecule has 2 N–H and O–H groups in total. The molecule has 0 spiro atoms. The van der Waals surface area contributed by atoms with Gasteiger partial charge in [-0.15, -0.1) is 0 Å². The second kappa shape index (κ2) is 7.89. The minimum Gasteiger partial charge on any atom is -0.442 e. The summed E-state index contributed by atoms with van der Waals surface area (Å²) in [6, 6.07) is 0. The van der Waals surface area contributed by atoms with Gasteiger partial charge < -0.3 is 20.1 Å². The van der Waals surface area contributed by atoms with Crippen molar-refractivity contribution in [1.29, 1.82) is 0 Å². The minimum atomic E-state index is -0.533. The number of carbonyl (C=O) groups excluding carboxylic acids is 2. The Morgan fingerprint density at radius 1 is 1.40 bits per heavy atom. The summed E-state index contributed by atoms with van der Waals surface area (Å²) in [6.07, 6.45) is 4.41. The second-order valence-corrected chi connectivity index (χ2v) is 5.26. The molecule has 1 rings (SSSR count). The Morgan fingerprint density at radius 3 is 2.70 bits per heavy atom. The summed E-state index contributed by atoms with van der Waals surface area (Å²) in [7, 11) is 4.85. The molecule has 0 radical (unpaired) electrons. The van der Waals surface area contributed by atoms with Crippen molar-refractivity contribution >= 4 is 12.0 Å². The van der Waals surface area contributed by atoms with Crippen LogP contribution in [0.1, 0.15) is 25.7 Å². The van der Waals surface area contributed by atoms with Gasteiger partial charge in [0, 0.05) is 27.6 Å². The van der Waals surface area contributed by atoms with Gasteiger partial charge in [-0.2, -0.15) is 0 Å². The Hall–Kier alpha value is -1.56. The average molecular weight is 284 g/mol. The van der Waals surface area contributed by atoms with E-state index in [1.807, 2.05) is 6.08 Å². The van der Waals surface area contributed by atoms with Gasteiger partial charge in [0.05, 0.1) is 6.10 Å². The third-order valence-corrected chi connectivity index (χ3v) is 3.44. The standard InChI is InChI=1S/C14H24N2O4/c1-15-13(18)9-10-7-8-11(5-4-6-12(10)17)20-14(19)16(2)3/h4-5,10-12,17H,6-9H2,1-3H3,(H,15,18)/b5-4+/t10-,11+,12+/m0/s1. The topological polar surface area (TPSA) is 78.9 Å². The fourth-order valence-corrected chi connectivity index (χ4v) is 2.14. The third-order valence-electron chi connectivity index (χ3n) is 3.44. The summed E-state index contributed by atoms with van der Waals surface area (Å²) >= 11 is 0. The molecule has 0 saturated heterocycles. The van der Waals surface area contributed by atoms with Crippen LogP contribution in [0, 0.1) is 5.92 Å². The van der Waals surface area contributed by atoms with E-state index in [1.165, 1.54) is 4.90 Å². The molecule has 0 fully saturated rings. The highest BCUT2D eigenvalue weighted by Gasteiger charge is 2.25. The lowest BCUT2D eigenvalue weighted by atomic mass is 9.88. The molecule has 0 bridgehead atoms. The fourth-order valence-electron chi connectivity index (χ4n) is 2.14. The lowest BCUT2D eigenvalue weighted by molar-refractivity contribution is -0.122. The van der Waals surface area contributed by atoms with Crippen LogP contribution in [0.5, 0.6) is 0 Å². The van der Waals surface area contributed by atoms with Crippen LogP contribution in [0.15, 0.2) is 12.2 Å². The molecule has 1 aliphatic carbocycles. The predicted molar refractivity (Wildman–Crippen MR) is 75.1 cm³/mol. The molecule has 0 heterocycles. The molecule has 0 aromatic heterocycles. The zero-order chi connectivity index (χ0) is 15.1. The lowest BCUT2D eigenvalue weighted by Crippen LogP contribution is -2.32. The van der Waals surface area contributed by atoms with Crippen LogP contribution in [0.2, 0.25) is 0 Å². The lowest BCUT2D eigenvalue weighted by Gasteiger charge is -2.26. The summed E-state index contributed by atoms with van der Waals surface area (Å²) in [5, 5.41) is 12.6. The van der Waals surface area contributed by atoms with E-state index in [0.29, 0.717) is 25.7 Å². The van der Waals surface area contributed by atoms with Crippen molar-refractivity contribution in [1.82, 2.24) is 10.2 Å². The number of nitrogens with one attached hydrogen (secondary N) is 1. The van der Waals surface area contributed by atoms with E-state index in [2.05, 4.69) is 5.32 Å². The van der Waals surface area contributed by atoms with Gasteiger partial charge in [-0.3, -0.25) is 4.79 Å². The number of nitrogens with zero attached hydrogens (tertiary/aromatic N) is 1. The number of aliphatic hydroxyl groups excluding tert-OH is 1. The zero-order valence-electron chi connectivity index (χ0n) is 12.3. The van der Waals surface area contributed by atoms with E-state index in [-0.39, 0.29) is 24.0 Å². The molecule has 1 aliphatic rings. The predicted octanol–water partition coefficient (Wildman–Crippen LogP) is 0.906. The van der Waals surface area contributed by atoms with Crippen LogP contribution in [-0.2, 0) is 9.53 Å². The van der Waals surface area contributed by atoms with Crippen LogP contribution < -0.4 is 5.32 Å². The first-order chi connectivity index (χ1) is 9.43. The smallest absolute Gasteiger partial charge is 0.409 e. The first kappa shape index (κ1) is 16.5. The SMILES string of the molecule is CNC(=O)C[C@@H]1CC[C@H](OC(=O)N(C)C)/C=C/C[C@H]1O. The van der Waals surface area contributed by atoms with Gasteiger partial charge in [-0.25, -0.2) is 4.79 Å². The summed E-state index contributed by atoms with van der Waals surface area (Å²) < 4.78 is 5.32. The minimum absolute atomic E-state index is 0.0829. The molecule has 6 heteroatoms. The maximum Gasteiger partial charge on any atom is 0.409 e. The molecule has 2 amide bonds. The largest absolute Gasteiger partial charge is 0.442 e. The highest BCUT2D eigenvalue weighted by Crippen LogP contribution is 2.24. The summed E-state index contributed by atoms with van der Waals surface area (Å²) in [6.45, 7) is 0. The van der Waals surface area contributed by atoms with Gasteiger partial charge >= 0.3 is 6.09 Å². The number of rotatable bonds is 3. The molecule has 6 nitrogen and oxygen atoms in total. The molecule has 0 unspecified atom stereocenters. The maximum atomic E-state index is 11.5. The van der Waals surface area contributed by atoms with Crippen LogP contribution in [0.4, 0.5) is 4.79 Å². The van der Waals surface area contributed by atoms with E-state index in [4.69, 9.17) is 4.74 Å². The monoisotopic (exact) mass is 284 g/mol. The van der Waals surface area contributed by atoms with Crippen molar-refractivity contribution in [2.45, 2.75) is 37.9 Å². The average Bonchev–Trinajstić information content (AvgIpc) is 2.40. The van der Waals surface area contributed by atoms with E-state index in [0.717, 1.165) is 0 Å². The highest BCUT2D eigenvalue weighted by atomic mass is 16.6. The number of ether oxygens (including phenoxy) is 1. The Bertz CT molecular complexity index is 368. The van der Waals surface area contributed by atoms with Gasteiger partial charge in [-0.05, 0) is 31.3 Å². The Labute approximate surface area is 119 Å². The molecule has 114 valence electrons. The molecule has 0 aromatic rings. The molecule has 3 atom stereocenters. The molecule has 20 heavy (non-hydrogen) atoms. The molecular weight excluding hydrogens is 260 g/mol. The number of carbonyl (C=O) groups is 2. The summed E-state index contributed by atoms with van der Waals surface area (Å²) in [5.41, 5.74) is 0. The number of aliphatic hydroxyl groups is 1. The fraction of sp³-hybridized carbons (Fsp3) is 0.714. The van der Waals surface area contributed by atoms with Crippen LogP contribution in [0.3, 0.4) is 0 Å². The van der Waals surface area contributed by atoms with Gasteiger partial charge in [0.25, 0.3) is 0 Å². The van der Waals surface area contributed by atoms with Crippen LogP contribution in [-0.4, -0.2) is 55.4 Å². The second-order valence-electron chi connectivity index (χ2n) is 5.26. The van der Waals surface area contributed by atoms with E-state index < -0.39 is 6.10 Å². The van der Waals surface area contributed by atoms with Crippen molar-refractivity contribution in [3.8, 4) is 0 Å². The van der Waals surface area contributed by atoms with E-state index >= 15 is 0 Å². The van der Waals surface area contributed by atoms with Gasteiger partial charge in [0.2, 0.25) is 5.91 Å². The molecule has 0 aliphatic heterocycles. The van der Waals surface area contributed by atoms with Crippen LogP contribution in [0.25, 0.3) is 0 Å². The highest BCUT2D eigenvalue weighted by molar-refractivity contribution is 5.75. The Morgan fingerprint density at radius 2 is 2.10 bits per heavy atom. The van der Waals surface area contributed by atoms with Crippen LogP contribution >= 0.6 is 0 Å². The Kier molecular flexibility index (Phi) is 6.51. The number of amides is 2. The summed E-state index contributed by atoms with van der Waals surface area (Å²) in [5.74, 6) is -0.194. The third kappa shape index (κ3) is 5.21. The first-order valence-corrected chi connectivity index (χ1v) is 6.87. The zero-order valence-corrected chi connectivity index (χ0v) is 12.3. The summed E-state index contributed by atoms with van der Waals surface area (Å²) in [4.78, 5) is 24.4. The number of hydrogen-bond acceptors (Lipinski definition) is 4. The van der Waals surface area contributed by atoms with Gasteiger partial charge in [0.15, 0.2) is 0 Å². The van der Waals surface area contributed by atoms with Crippen molar-refractivity contribution in [2.24, 2.45) is 5.92 Å². The van der Waals surface area contributed by atoms with E-state index in [9.17, 15) is 14.7 Å². The van der Waals surface area contributed by atoms with Gasteiger partial charge in [0.1, 0.15) is 6.10 Å². The van der Waals surface area contributed by atoms with Crippen molar-refractivity contribution < 1.29 is 19.4 Å². The maximum absolute atomic E-state index is 11.5. The van der Waals surface area contributed by atoms with Crippen molar-refractivity contribution in [3.05, 3.63) is 12.2 Å². The normalized spacial score (nSPS) is 27.9. The molecular formula is C14H24N2O4. The molecule has 0 saturated carbocycles. The van der Waals surface area contributed by atoms with Gasteiger partial charge in [-0.1, -0.05) is 6.08 Å². The quantitative estimate of drug-likeness (QED) is 0.755. The molecule has 0 aromatic carbocycles. The van der Waals surface area contributed by atoms with E-state index in [1.54, 1.807) is 27.2 Å². The number of hydrogen-bond donors (Lipinski definition) is 2.